The van der Waals surface area contributed by atoms with Crippen LogP contribution in [0.15, 0.2) is 30.9 Å². The topological polar surface area (TPSA) is 59.6 Å². The highest BCUT2D eigenvalue weighted by atomic mass is 16.5. The number of carbonyl (C=O) groups is 1. The molecule has 23 heavy (non-hydrogen) atoms. The van der Waals surface area contributed by atoms with Crippen LogP contribution in [0.4, 0.5) is 5.69 Å². The van der Waals surface area contributed by atoms with Crippen LogP contribution in [0, 0.1) is 6.92 Å². The smallest absolute Gasteiger partial charge is 0.242 e. The number of aryl methyl sites for hydroxylation is 1. The Balaban J connectivity index is 1.92. The third-order valence-electron chi connectivity index (χ3n) is 3.83. The van der Waals surface area contributed by atoms with Crippen molar-refractivity contribution in [3.8, 4) is 5.75 Å². The summed E-state index contributed by atoms with van der Waals surface area (Å²) in [6, 6.07) is 5.60. The van der Waals surface area contributed by atoms with Crippen LogP contribution >= 0.6 is 0 Å². The molecule has 2 N–H and O–H groups in total. The lowest BCUT2D eigenvalue weighted by molar-refractivity contribution is -0.121. The Morgan fingerprint density at radius 2 is 2.22 bits per heavy atom. The number of hydrogen-bond acceptors (Lipinski definition) is 4. The minimum atomic E-state index is -0.309. The lowest BCUT2D eigenvalue weighted by Crippen LogP contribution is -2.37. The van der Waals surface area contributed by atoms with Crippen molar-refractivity contribution in [1.29, 1.82) is 0 Å². The lowest BCUT2D eigenvalue weighted by atomic mass is 10.1. The van der Waals surface area contributed by atoms with E-state index in [9.17, 15) is 4.79 Å². The van der Waals surface area contributed by atoms with Gasteiger partial charge in [-0.2, -0.15) is 0 Å². The first kappa shape index (κ1) is 17.3. The molecule has 0 spiro atoms. The summed E-state index contributed by atoms with van der Waals surface area (Å²) in [5.74, 6) is 0.844. The van der Waals surface area contributed by atoms with Crippen LogP contribution < -0.4 is 15.4 Å². The number of benzene rings is 1. The average molecular weight is 318 g/mol. The van der Waals surface area contributed by atoms with Gasteiger partial charge in [-0.15, -0.1) is 6.58 Å². The molecule has 0 radical (unpaired) electrons. The summed E-state index contributed by atoms with van der Waals surface area (Å²) >= 11 is 0. The van der Waals surface area contributed by atoms with Crippen molar-refractivity contribution < 1.29 is 14.3 Å². The maximum Gasteiger partial charge on any atom is 0.242 e. The average Bonchev–Trinajstić information content (AvgIpc) is 2.56. The Labute approximate surface area is 138 Å². The zero-order chi connectivity index (χ0) is 16.7. The highest BCUT2D eigenvalue weighted by Crippen LogP contribution is 2.25. The molecule has 126 valence electrons. The Bertz CT molecular complexity index is 539. The first-order chi connectivity index (χ1) is 11.1. The molecule has 0 aromatic heterocycles. The number of carbonyl (C=O) groups excluding carboxylic acids is 1. The molecule has 1 fully saturated rings. The monoisotopic (exact) mass is 318 g/mol. The molecule has 1 heterocycles. The van der Waals surface area contributed by atoms with Crippen LogP contribution in [-0.4, -0.2) is 37.8 Å². The summed E-state index contributed by atoms with van der Waals surface area (Å²) < 4.78 is 11.4. The van der Waals surface area contributed by atoms with Gasteiger partial charge in [-0.1, -0.05) is 6.08 Å². The maximum absolute atomic E-state index is 11.9. The number of hydrogen-bond donors (Lipinski definition) is 2. The molecule has 0 saturated carbocycles. The maximum atomic E-state index is 11.9. The van der Waals surface area contributed by atoms with E-state index in [4.69, 9.17) is 9.47 Å². The molecule has 1 aromatic carbocycles. The number of anilines is 1. The minimum absolute atomic E-state index is 0.0508. The van der Waals surface area contributed by atoms with Gasteiger partial charge in [-0.05, 0) is 37.6 Å². The molecular formula is C18H26N2O3. The molecule has 1 aromatic rings. The number of nitrogens with one attached hydrogen (secondary N) is 2. The van der Waals surface area contributed by atoms with Crippen molar-refractivity contribution >= 4 is 11.6 Å². The Morgan fingerprint density at radius 3 is 2.87 bits per heavy atom. The van der Waals surface area contributed by atoms with Gasteiger partial charge in [0.1, 0.15) is 17.9 Å². The number of ether oxygens (including phenoxy) is 2. The zero-order valence-electron chi connectivity index (χ0n) is 13.9. The second-order valence-electron chi connectivity index (χ2n) is 5.81. The molecule has 1 amide bonds. The van der Waals surface area contributed by atoms with Gasteiger partial charge in [0.05, 0.1) is 13.2 Å². The van der Waals surface area contributed by atoms with Crippen LogP contribution in [0.2, 0.25) is 0 Å². The first-order valence-corrected chi connectivity index (χ1v) is 8.10. The van der Waals surface area contributed by atoms with Crippen LogP contribution in [0.1, 0.15) is 25.3 Å². The number of rotatable bonds is 7. The fourth-order valence-electron chi connectivity index (χ4n) is 2.49. The Hall–Kier alpha value is -2.01. The summed E-state index contributed by atoms with van der Waals surface area (Å²) in [5, 5.41) is 5.98. The molecule has 0 aliphatic carbocycles. The molecular weight excluding hydrogens is 292 g/mol. The standard InChI is InChI=1S/C18H26N2O3/c1-4-9-19-18(21)14(3)20-15-5-6-17(13(2)12-15)23-16-7-10-22-11-8-16/h4-6,12,14,16,20H,1,7-11H2,2-3H3,(H,19,21)/t14-/m1/s1. The van der Waals surface area contributed by atoms with Gasteiger partial charge in [-0.3, -0.25) is 4.79 Å². The summed E-state index contributed by atoms with van der Waals surface area (Å²) in [6.45, 7) is 9.44. The van der Waals surface area contributed by atoms with Gasteiger partial charge in [-0.25, -0.2) is 0 Å². The van der Waals surface area contributed by atoms with Gasteiger partial charge in [0.25, 0.3) is 0 Å². The fraction of sp³-hybridized carbons (Fsp3) is 0.500. The molecule has 5 heteroatoms. The van der Waals surface area contributed by atoms with E-state index < -0.39 is 0 Å². The van der Waals surface area contributed by atoms with Gasteiger partial charge < -0.3 is 20.1 Å². The van der Waals surface area contributed by atoms with E-state index in [0.717, 1.165) is 43.1 Å². The van der Waals surface area contributed by atoms with Gasteiger partial charge in [0, 0.05) is 25.1 Å². The van der Waals surface area contributed by atoms with Crippen LogP contribution in [-0.2, 0) is 9.53 Å². The van der Waals surface area contributed by atoms with E-state index in [1.807, 2.05) is 32.0 Å². The van der Waals surface area contributed by atoms with Crippen molar-refractivity contribution in [2.75, 3.05) is 25.1 Å². The van der Waals surface area contributed by atoms with Crippen LogP contribution in [0.3, 0.4) is 0 Å². The Morgan fingerprint density at radius 1 is 1.48 bits per heavy atom. The Kier molecular flexibility index (Phi) is 6.47. The molecule has 0 bridgehead atoms. The van der Waals surface area contributed by atoms with Gasteiger partial charge >= 0.3 is 0 Å². The van der Waals surface area contributed by atoms with Crippen LogP contribution in [0.25, 0.3) is 0 Å². The third-order valence-corrected chi connectivity index (χ3v) is 3.83. The minimum Gasteiger partial charge on any atom is -0.490 e. The summed E-state index contributed by atoms with van der Waals surface area (Å²) in [7, 11) is 0. The number of amides is 1. The predicted molar refractivity (Wildman–Crippen MR) is 91.9 cm³/mol. The summed E-state index contributed by atoms with van der Waals surface area (Å²) in [5.41, 5.74) is 1.96. The van der Waals surface area contributed by atoms with E-state index in [-0.39, 0.29) is 18.1 Å². The van der Waals surface area contributed by atoms with Crippen molar-refractivity contribution in [2.45, 2.75) is 38.8 Å². The molecule has 1 aliphatic heterocycles. The van der Waals surface area contributed by atoms with Crippen molar-refractivity contribution in [3.05, 3.63) is 36.4 Å². The normalized spacial score (nSPS) is 16.4. The van der Waals surface area contributed by atoms with E-state index >= 15 is 0 Å². The highest BCUT2D eigenvalue weighted by Gasteiger charge is 2.17. The largest absolute Gasteiger partial charge is 0.490 e. The van der Waals surface area contributed by atoms with Crippen LogP contribution in [0.5, 0.6) is 5.75 Å². The molecule has 2 rings (SSSR count). The summed E-state index contributed by atoms with van der Waals surface area (Å²) in [4.78, 5) is 11.9. The predicted octanol–water partition coefficient (Wildman–Crippen LogP) is 2.66. The van der Waals surface area contributed by atoms with Gasteiger partial charge in [0.2, 0.25) is 5.91 Å². The van der Waals surface area contributed by atoms with Crippen molar-refractivity contribution in [2.24, 2.45) is 0 Å². The zero-order valence-corrected chi connectivity index (χ0v) is 13.9. The van der Waals surface area contributed by atoms with Crippen molar-refractivity contribution in [1.82, 2.24) is 5.32 Å². The molecule has 5 nitrogen and oxygen atoms in total. The second-order valence-corrected chi connectivity index (χ2v) is 5.81. The van der Waals surface area contributed by atoms with Gasteiger partial charge in [0.15, 0.2) is 0 Å². The summed E-state index contributed by atoms with van der Waals surface area (Å²) in [6.07, 6.45) is 3.75. The van der Waals surface area contributed by atoms with Crippen molar-refractivity contribution in [3.63, 3.8) is 0 Å². The first-order valence-electron chi connectivity index (χ1n) is 8.10. The van der Waals surface area contributed by atoms with E-state index in [1.165, 1.54) is 0 Å². The van der Waals surface area contributed by atoms with E-state index in [1.54, 1.807) is 6.08 Å². The molecule has 0 unspecified atom stereocenters. The molecule has 1 atom stereocenters. The van der Waals surface area contributed by atoms with E-state index in [2.05, 4.69) is 17.2 Å². The lowest BCUT2D eigenvalue weighted by Gasteiger charge is -2.24. The second kappa shape index (κ2) is 8.58. The highest BCUT2D eigenvalue weighted by molar-refractivity contribution is 5.84. The SMILES string of the molecule is C=CCNC(=O)[C@@H](C)Nc1ccc(OC2CCOCC2)c(C)c1. The molecule has 1 saturated heterocycles. The third kappa shape index (κ3) is 5.28. The fourth-order valence-corrected chi connectivity index (χ4v) is 2.49. The van der Waals surface area contributed by atoms with E-state index in [0.29, 0.717) is 6.54 Å². The molecule has 1 aliphatic rings. The quantitative estimate of drug-likeness (QED) is 0.759.